The zero-order valence-corrected chi connectivity index (χ0v) is 20.1. The van der Waals surface area contributed by atoms with E-state index in [0.29, 0.717) is 0 Å². The van der Waals surface area contributed by atoms with Crippen LogP contribution in [-0.2, 0) is 6.42 Å². The first-order chi connectivity index (χ1) is 14.8. The first-order valence-electron chi connectivity index (χ1n) is 10.5. The lowest BCUT2D eigenvalue weighted by atomic mass is 9.96. The van der Waals surface area contributed by atoms with Gasteiger partial charge in [0.05, 0.1) is 6.61 Å². The Bertz CT molecular complexity index is 919. The monoisotopic (exact) mass is 530 g/mol. The number of hydrogen-bond acceptors (Lipinski definition) is 1. The van der Waals surface area contributed by atoms with Crippen LogP contribution >= 0.6 is 34.2 Å². The fraction of sp³-hybridized carbons (Fsp3) is 0.259. The highest BCUT2D eigenvalue weighted by atomic mass is 127. The van der Waals surface area contributed by atoms with Crippen LogP contribution in [0.5, 0.6) is 5.75 Å². The van der Waals surface area contributed by atoms with Crippen LogP contribution in [-0.4, -0.2) is 12.5 Å². The molecule has 0 N–H and O–H groups in total. The maximum atomic E-state index is 6.09. The largest absolute Gasteiger partial charge is 0.493 e. The summed E-state index contributed by atoms with van der Waals surface area (Å²) in [4.78, 5) is 0. The summed E-state index contributed by atoms with van der Waals surface area (Å²) >= 11 is 8.11. The lowest BCUT2D eigenvalue weighted by Gasteiger charge is -2.13. The molecule has 0 aliphatic heterocycles. The molecule has 0 atom stereocenters. The van der Waals surface area contributed by atoms with Crippen molar-refractivity contribution >= 4 is 45.8 Å². The Morgan fingerprint density at radius 3 is 2.33 bits per heavy atom. The number of para-hydroxylation sites is 1. The van der Waals surface area contributed by atoms with Gasteiger partial charge in [-0.25, -0.2) is 0 Å². The number of hydrogen-bond donors (Lipinski definition) is 0. The van der Waals surface area contributed by atoms with E-state index in [2.05, 4.69) is 108 Å². The molecule has 3 aromatic carbocycles. The molecule has 30 heavy (non-hydrogen) atoms. The Labute approximate surface area is 199 Å². The van der Waals surface area contributed by atoms with Gasteiger partial charge in [0, 0.05) is 9.45 Å². The molecule has 0 amide bonds. The number of benzene rings is 3. The van der Waals surface area contributed by atoms with Gasteiger partial charge in [0.1, 0.15) is 5.75 Å². The predicted molar refractivity (Wildman–Crippen MR) is 138 cm³/mol. The molecule has 0 spiro atoms. The van der Waals surface area contributed by atoms with Crippen molar-refractivity contribution in [3.63, 3.8) is 0 Å². The van der Waals surface area contributed by atoms with E-state index in [1.807, 2.05) is 0 Å². The molecule has 0 aliphatic rings. The molecule has 3 aromatic rings. The van der Waals surface area contributed by atoms with Gasteiger partial charge in [0.25, 0.3) is 0 Å². The van der Waals surface area contributed by atoms with Gasteiger partial charge in [-0.15, -0.1) is 11.6 Å². The van der Waals surface area contributed by atoms with Gasteiger partial charge >= 0.3 is 0 Å². The molecule has 0 saturated heterocycles. The molecule has 0 aromatic heterocycles. The van der Waals surface area contributed by atoms with Gasteiger partial charge in [0.2, 0.25) is 0 Å². The Kier molecular flexibility index (Phi) is 9.78. The van der Waals surface area contributed by atoms with Crippen molar-refractivity contribution < 1.29 is 4.74 Å². The molecule has 0 heterocycles. The second-order valence-electron chi connectivity index (χ2n) is 7.29. The Morgan fingerprint density at radius 1 is 0.833 bits per heavy atom. The summed E-state index contributed by atoms with van der Waals surface area (Å²) < 4.78 is 7.34. The molecule has 0 radical (unpaired) electrons. The van der Waals surface area contributed by atoms with Crippen molar-refractivity contribution in [3.05, 3.63) is 99.1 Å². The molecule has 156 valence electrons. The minimum Gasteiger partial charge on any atom is -0.493 e. The van der Waals surface area contributed by atoms with Crippen LogP contribution in [0.1, 0.15) is 42.4 Å². The molecule has 0 bridgehead atoms. The normalized spacial score (nSPS) is 11.5. The van der Waals surface area contributed by atoms with Crippen LogP contribution in [0.2, 0.25) is 0 Å². The Hall–Kier alpha value is -1.78. The van der Waals surface area contributed by atoms with Gasteiger partial charge in [0.15, 0.2) is 0 Å². The third kappa shape index (κ3) is 7.48. The highest BCUT2D eigenvalue weighted by Gasteiger charge is 2.07. The average molecular weight is 531 g/mol. The minimum absolute atomic E-state index is 0.728. The summed E-state index contributed by atoms with van der Waals surface area (Å²) in [6.45, 7) is 0.748. The molecule has 0 saturated carbocycles. The summed E-state index contributed by atoms with van der Waals surface area (Å²) in [6.07, 6.45) is 7.43. The van der Waals surface area contributed by atoms with Gasteiger partial charge in [-0.2, -0.15) is 0 Å². The Morgan fingerprint density at radius 2 is 1.57 bits per heavy atom. The maximum absolute atomic E-state index is 6.09. The topological polar surface area (TPSA) is 9.23 Å². The third-order valence-corrected chi connectivity index (χ3v) is 6.01. The van der Waals surface area contributed by atoms with E-state index in [4.69, 9.17) is 16.3 Å². The smallest absolute Gasteiger partial charge is 0.122 e. The molecule has 3 heteroatoms. The van der Waals surface area contributed by atoms with E-state index in [9.17, 15) is 0 Å². The molecule has 0 fully saturated rings. The quantitative estimate of drug-likeness (QED) is 0.105. The van der Waals surface area contributed by atoms with E-state index in [1.54, 1.807) is 0 Å². The van der Waals surface area contributed by atoms with Crippen LogP contribution in [0.15, 0.2) is 78.9 Å². The summed E-state index contributed by atoms with van der Waals surface area (Å²) in [5.41, 5.74) is 5.11. The van der Waals surface area contributed by atoms with Gasteiger partial charge in [-0.1, -0.05) is 66.7 Å². The lowest BCUT2D eigenvalue weighted by molar-refractivity contribution is 0.303. The molecule has 0 unspecified atom stereocenters. The number of allylic oxidation sites excluding steroid dienone is 1. The van der Waals surface area contributed by atoms with Gasteiger partial charge < -0.3 is 4.74 Å². The summed E-state index contributed by atoms with van der Waals surface area (Å²) in [5.74, 6) is 1.73. The fourth-order valence-electron chi connectivity index (χ4n) is 3.39. The van der Waals surface area contributed by atoms with Gasteiger partial charge in [-0.3, -0.25) is 0 Å². The summed E-state index contributed by atoms with van der Waals surface area (Å²) in [5, 5.41) is 0. The average Bonchev–Trinajstić information content (AvgIpc) is 2.79. The van der Waals surface area contributed by atoms with Crippen molar-refractivity contribution in [1.82, 2.24) is 0 Å². The predicted octanol–water partition coefficient (Wildman–Crippen LogP) is 8.25. The van der Waals surface area contributed by atoms with E-state index in [-0.39, 0.29) is 0 Å². The fourth-order valence-corrected chi connectivity index (χ4v) is 3.94. The zero-order valence-electron chi connectivity index (χ0n) is 17.2. The number of alkyl halides is 1. The van der Waals surface area contributed by atoms with Crippen molar-refractivity contribution in [2.75, 3.05) is 12.5 Å². The van der Waals surface area contributed by atoms with Crippen molar-refractivity contribution in [2.45, 2.75) is 32.1 Å². The second-order valence-corrected chi connectivity index (χ2v) is 8.92. The van der Waals surface area contributed by atoms with Crippen molar-refractivity contribution in [2.24, 2.45) is 0 Å². The standard InChI is InChI=1S/C27H28ClIO/c28-19-7-2-8-20-30-27-12-6-5-11-24(27)15-16-25(23-9-3-1-4-10-23)21-22-13-17-26(29)18-14-22/h1,3-6,9-14,17-18,21H,2,7-8,15-16,19-20H2/b25-21-. The molecule has 1 nitrogen and oxygen atoms in total. The minimum atomic E-state index is 0.728. The van der Waals surface area contributed by atoms with E-state index in [1.165, 1.54) is 25.8 Å². The molecular formula is C27H28ClIO. The van der Waals surface area contributed by atoms with Crippen LogP contribution in [0.25, 0.3) is 11.6 Å². The van der Waals surface area contributed by atoms with E-state index >= 15 is 0 Å². The number of rotatable bonds is 11. The number of ether oxygens (including phenoxy) is 1. The maximum Gasteiger partial charge on any atom is 0.122 e. The zero-order chi connectivity index (χ0) is 21.0. The van der Waals surface area contributed by atoms with Crippen LogP contribution < -0.4 is 4.74 Å². The van der Waals surface area contributed by atoms with Crippen LogP contribution in [0, 0.1) is 3.57 Å². The third-order valence-electron chi connectivity index (χ3n) is 5.03. The highest BCUT2D eigenvalue weighted by molar-refractivity contribution is 14.1. The van der Waals surface area contributed by atoms with E-state index in [0.717, 1.165) is 50.3 Å². The van der Waals surface area contributed by atoms with Crippen molar-refractivity contribution in [1.29, 1.82) is 0 Å². The number of aryl methyl sites for hydroxylation is 1. The first kappa shape index (κ1) is 22.9. The van der Waals surface area contributed by atoms with Crippen LogP contribution in [0.3, 0.4) is 0 Å². The van der Waals surface area contributed by atoms with Crippen LogP contribution in [0.4, 0.5) is 0 Å². The SMILES string of the molecule is ClCCCCCOc1ccccc1CC/C(=C/c1ccc(I)cc1)c1ccccc1. The first-order valence-corrected chi connectivity index (χ1v) is 12.2. The lowest BCUT2D eigenvalue weighted by Crippen LogP contribution is -2.01. The molecule has 0 aliphatic carbocycles. The van der Waals surface area contributed by atoms with Gasteiger partial charge in [-0.05, 0) is 95.2 Å². The summed E-state index contributed by atoms with van der Waals surface area (Å²) in [7, 11) is 0. The highest BCUT2D eigenvalue weighted by Crippen LogP contribution is 2.27. The number of unbranched alkanes of at least 4 members (excludes halogenated alkanes) is 2. The van der Waals surface area contributed by atoms with E-state index < -0.39 is 0 Å². The molecular weight excluding hydrogens is 503 g/mol. The van der Waals surface area contributed by atoms with Crippen molar-refractivity contribution in [3.8, 4) is 5.75 Å². The molecule has 3 rings (SSSR count). The number of halogens is 2. The summed E-state index contributed by atoms with van der Waals surface area (Å²) in [6, 6.07) is 27.8. The second kappa shape index (κ2) is 12.8. The Balaban J connectivity index is 1.72.